The Morgan fingerprint density at radius 1 is 1.29 bits per heavy atom. The van der Waals surface area contributed by atoms with Crippen molar-refractivity contribution < 1.29 is 9.53 Å². The second-order valence-electron chi connectivity index (χ2n) is 5.42. The molecule has 3 atom stereocenters. The summed E-state index contributed by atoms with van der Waals surface area (Å²) in [5.74, 6) is -0.0864. The van der Waals surface area contributed by atoms with E-state index in [4.69, 9.17) is 10.5 Å². The molecule has 0 spiro atoms. The maximum absolute atomic E-state index is 12.5. The normalized spacial score (nSPS) is 24.6. The molecule has 1 saturated carbocycles. The Morgan fingerprint density at radius 3 is 2.81 bits per heavy atom. The maximum Gasteiger partial charge on any atom is 0.252 e. The number of ether oxygens (including phenoxy) is 1. The molecule has 0 saturated heterocycles. The molecule has 2 aromatic carbocycles. The van der Waals surface area contributed by atoms with Crippen molar-refractivity contribution in [3.8, 4) is 0 Å². The summed E-state index contributed by atoms with van der Waals surface area (Å²) in [6.07, 6.45) is 0.831. The van der Waals surface area contributed by atoms with Gasteiger partial charge in [0.15, 0.2) is 0 Å². The average molecular weight is 284 g/mol. The SMILES string of the molecule is CCOC1CC(N)C1NC(=O)c1cccc2ccccc12. The van der Waals surface area contributed by atoms with Gasteiger partial charge in [0.2, 0.25) is 0 Å². The molecule has 3 N–H and O–H groups in total. The first-order chi connectivity index (χ1) is 10.2. The molecule has 21 heavy (non-hydrogen) atoms. The molecule has 0 bridgehead atoms. The van der Waals surface area contributed by atoms with Crippen LogP contribution in [0.25, 0.3) is 10.8 Å². The third-order valence-electron chi connectivity index (χ3n) is 4.08. The molecule has 0 aliphatic heterocycles. The van der Waals surface area contributed by atoms with Crippen molar-refractivity contribution in [1.82, 2.24) is 5.32 Å². The van der Waals surface area contributed by atoms with Crippen LogP contribution in [0.1, 0.15) is 23.7 Å². The number of hydrogen-bond donors (Lipinski definition) is 2. The van der Waals surface area contributed by atoms with Gasteiger partial charge in [-0.3, -0.25) is 4.79 Å². The minimum atomic E-state index is -0.101. The van der Waals surface area contributed by atoms with E-state index in [0.29, 0.717) is 12.2 Å². The van der Waals surface area contributed by atoms with Crippen molar-refractivity contribution in [3.63, 3.8) is 0 Å². The minimum absolute atomic E-state index is 0.0273. The Morgan fingerprint density at radius 2 is 2.05 bits per heavy atom. The van der Waals surface area contributed by atoms with E-state index in [-0.39, 0.29) is 24.1 Å². The van der Waals surface area contributed by atoms with Crippen LogP contribution in [0.3, 0.4) is 0 Å². The van der Waals surface area contributed by atoms with Gasteiger partial charge >= 0.3 is 0 Å². The van der Waals surface area contributed by atoms with E-state index in [9.17, 15) is 4.79 Å². The zero-order valence-electron chi connectivity index (χ0n) is 12.1. The van der Waals surface area contributed by atoms with E-state index in [1.807, 2.05) is 49.4 Å². The molecule has 1 aliphatic carbocycles. The molecule has 0 heterocycles. The summed E-state index contributed by atoms with van der Waals surface area (Å²) in [5.41, 5.74) is 6.67. The van der Waals surface area contributed by atoms with Gasteiger partial charge in [0.05, 0.1) is 12.1 Å². The molecule has 0 aromatic heterocycles. The molecule has 1 amide bonds. The Bertz CT molecular complexity index is 649. The van der Waals surface area contributed by atoms with Gasteiger partial charge in [0.25, 0.3) is 5.91 Å². The lowest BCUT2D eigenvalue weighted by Gasteiger charge is -2.42. The Balaban J connectivity index is 1.81. The molecule has 1 fully saturated rings. The van der Waals surface area contributed by atoms with Crippen LogP contribution >= 0.6 is 0 Å². The molecule has 0 radical (unpaired) electrons. The van der Waals surface area contributed by atoms with Gasteiger partial charge in [-0.1, -0.05) is 36.4 Å². The van der Waals surface area contributed by atoms with Crippen LogP contribution in [0, 0.1) is 0 Å². The number of fused-ring (bicyclic) bond motifs is 1. The number of carbonyl (C=O) groups excluding carboxylic acids is 1. The van der Waals surface area contributed by atoms with E-state index in [1.165, 1.54) is 0 Å². The highest BCUT2D eigenvalue weighted by Gasteiger charge is 2.40. The Hall–Kier alpha value is -1.91. The standard InChI is InChI=1S/C17H20N2O2/c1-2-21-15-10-14(18)16(15)19-17(20)13-9-5-7-11-6-3-4-8-12(11)13/h3-9,14-16H,2,10,18H2,1H3,(H,19,20). The summed E-state index contributed by atoms with van der Waals surface area (Å²) in [5, 5.41) is 5.04. The topological polar surface area (TPSA) is 64.3 Å². The summed E-state index contributed by atoms with van der Waals surface area (Å²) in [6, 6.07) is 13.5. The van der Waals surface area contributed by atoms with Crippen molar-refractivity contribution >= 4 is 16.7 Å². The van der Waals surface area contributed by atoms with Crippen molar-refractivity contribution in [2.45, 2.75) is 31.5 Å². The molecule has 110 valence electrons. The van der Waals surface area contributed by atoms with Crippen LogP contribution in [-0.4, -0.2) is 30.7 Å². The number of nitrogens with one attached hydrogen (secondary N) is 1. The number of rotatable bonds is 4. The summed E-state index contributed by atoms with van der Waals surface area (Å²) in [7, 11) is 0. The lowest BCUT2D eigenvalue weighted by Crippen LogP contribution is -2.64. The second-order valence-corrected chi connectivity index (χ2v) is 5.42. The molecule has 1 aliphatic rings. The van der Waals surface area contributed by atoms with Crippen LogP contribution in [0.4, 0.5) is 0 Å². The van der Waals surface area contributed by atoms with Gasteiger partial charge in [0.1, 0.15) is 0 Å². The first kappa shape index (κ1) is 14.0. The van der Waals surface area contributed by atoms with Crippen molar-refractivity contribution in [2.75, 3.05) is 6.61 Å². The first-order valence-corrected chi connectivity index (χ1v) is 7.36. The summed E-state index contributed by atoms with van der Waals surface area (Å²) >= 11 is 0. The fraction of sp³-hybridized carbons (Fsp3) is 0.353. The van der Waals surface area contributed by atoms with Crippen molar-refractivity contribution in [2.24, 2.45) is 5.73 Å². The van der Waals surface area contributed by atoms with E-state index >= 15 is 0 Å². The molecule has 3 unspecified atom stereocenters. The molecule has 3 rings (SSSR count). The van der Waals surface area contributed by atoms with Gasteiger partial charge in [-0.2, -0.15) is 0 Å². The summed E-state index contributed by atoms with van der Waals surface area (Å²) in [6.45, 7) is 2.59. The van der Waals surface area contributed by atoms with Crippen LogP contribution < -0.4 is 11.1 Å². The molecule has 4 heteroatoms. The third kappa shape index (κ3) is 2.64. The fourth-order valence-electron chi connectivity index (χ4n) is 2.88. The zero-order chi connectivity index (χ0) is 14.8. The van der Waals surface area contributed by atoms with Crippen molar-refractivity contribution in [3.05, 3.63) is 48.0 Å². The Labute approximate surface area is 124 Å². The minimum Gasteiger partial charge on any atom is -0.376 e. The predicted octanol–water partition coefficient (Wildman–Crippen LogP) is 2.07. The van der Waals surface area contributed by atoms with E-state index in [0.717, 1.165) is 17.2 Å². The maximum atomic E-state index is 12.5. The highest BCUT2D eigenvalue weighted by atomic mass is 16.5. The highest BCUT2D eigenvalue weighted by molar-refractivity contribution is 6.07. The summed E-state index contributed by atoms with van der Waals surface area (Å²) in [4.78, 5) is 12.5. The predicted molar refractivity (Wildman–Crippen MR) is 83.2 cm³/mol. The van der Waals surface area contributed by atoms with E-state index in [1.54, 1.807) is 0 Å². The lowest BCUT2D eigenvalue weighted by molar-refractivity contribution is -0.0300. The molecule has 2 aromatic rings. The van der Waals surface area contributed by atoms with Gasteiger partial charge in [-0.15, -0.1) is 0 Å². The van der Waals surface area contributed by atoms with Crippen LogP contribution in [0.2, 0.25) is 0 Å². The number of hydrogen-bond acceptors (Lipinski definition) is 3. The first-order valence-electron chi connectivity index (χ1n) is 7.36. The monoisotopic (exact) mass is 284 g/mol. The average Bonchev–Trinajstić information content (AvgIpc) is 2.51. The second kappa shape index (κ2) is 5.84. The van der Waals surface area contributed by atoms with Crippen molar-refractivity contribution in [1.29, 1.82) is 0 Å². The Kier molecular flexibility index (Phi) is 3.90. The number of carbonyl (C=O) groups is 1. The number of benzene rings is 2. The fourth-order valence-corrected chi connectivity index (χ4v) is 2.88. The molecular formula is C17H20N2O2. The summed E-state index contributed by atoms with van der Waals surface area (Å²) < 4.78 is 5.59. The van der Waals surface area contributed by atoms with E-state index < -0.39 is 0 Å². The van der Waals surface area contributed by atoms with Gasteiger partial charge < -0.3 is 15.8 Å². The quantitative estimate of drug-likeness (QED) is 0.903. The lowest BCUT2D eigenvalue weighted by atomic mass is 9.83. The van der Waals surface area contributed by atoms with Crippen LogP contribution in [-0.2, 0) is 4.74 Å². The van der Waals surface area contributed by atoms with Gasteiger partial charge in [-0.05, 0) is 30.2 Å². The van der Waals surface area contributed by atoms with Crippen LogP contribution in [0.15, 0.2) is 42.5 Å². The zero-order valence-corrected chi connectivity index (χ0v) is 12.1. The van der Waals surface area contributed by atoms with E-state index in [2.05, 4.69) is 5.32 Å². The smallest absolute Gasteiger partial charge is 0.252 e. The van der Waals surface area contributed by atoms with Gasteiger partial charge in [0, 0.05) is 18.2 Å². The molecular weight excluding hydrogens is 264 g/mol. The number of nitrogens with two attached hydrogens (primary N) is 1. The molecule has 4 nitrogen and oxygen atoms in total. The largest absolute Gasteiger partial charge is 0.376 e. The highest BCUT2D eigenvalue weighted by Crippen LogP contribution is 2.24. The van der Waals surface area contributed by atoms with Gasteiger partial charge in [-0.25, -0.2) is 0 Å². The van der Waals surface area contributed by atoms with Crippen LogP contribution in [0.5, 0.6) is 0 Å². The number of amides is 1. The third-order valence-corrected chi connectivity index (χ3v) is 4.08.